The van der Waals surface area contributed by atoms with E-state index in [1.165, 1.54) is 10.5 Å². The van der Waals surface area contributed by atoms with Gasteiger partial charge in [0, 0.05) is 12.6 Å². The Morgan fingerprint density at radius 1 is 1.19 bits per heavy atom. The van der Waals surface area contributed by atoms with Crippen molar-refractivity contribution in [3.8, 4) is 0 Å². The Labute approximate surface area is 124 Å². The third-order valence-electron chi connectivity index (χ3n) is 4.07. The number of piperidine rings is 1. The van der Waals surface area contributed by atoms with E-state index in [0.29, 0.717) is 25.0 Å². The van der Waals surface area contributed by atoms with Crippen LogP contribution in [0.4, 0.5) is 13.2 Å². The van der Waals surface area contributed by atoms with Gasteiger partial charge in [0.15, 0.2) is 0 Å². The molecule has 1 heterocycles. The van der Waals surface area contributed by atoms with Gasteiger partial charge in [-0.1, -0.05) is 37.3 Å². The minimum absolute atomic E-state index is 0.334. The molecule has 0 saturated carbocycles. The fourth-order valence-corrected chi connectivity index (χ4v) is 2.79. The normalized spacial score (nSPS) is 19.6. The number of nitrogens with zero attached hydrogens (tertiary/aromatic N) is 1. The van der Waals surface area contributed by atoms with Gasteiger partial charge >= 0.3 is 6.18 Å². The van der Waals surface area contributed by atoms with Gasteiger partial charge in [-0.05, 0) is 37.4 Å². The number of alkyl halides is 3. The molecule has 0 bridgehead atoms. The lowest BCUT2D eigenvalue weighted by molar-refractivity contribution is -0.148. The standard InChI is InChI=1S/C16H23F3N2/c1-13(14-5-3-2-4-6-14)11-20-15-7-9-21(10-8-15)12-16(17,18)19/h2-6,13,15,20H,7-12H2,1H3. The van der Waals surface area contributed by atoms with Gasteiger partial charge in [-0.3, -0.25) is 4.90 Å². The van der Waals surface area contributed by atoms with E-state index >= 15 is 0 Å². The highest BCUT2D eigenvalue weighted by molar-refractivity contribution is 5.19. The smallest absolute Gasteiger partial charge is 0.313 e. The zero-order chi connectivity index (χ0) is 15.3. The van der Waals surface area contributed by atoms with Crippen LogP contribution in [-0.2, 0) is 0 Å². The maximum Gasteiger partial charge on any atom is 0.401 e. The van der Waals surface area contributed by atoms with Gasteiger partial charge in [-0.15, -0.1) is 0 Å². The second kappa shape index (κ2) is 7.27. The highest BCUT2D eigenvalue weighted by atomic mass is 19.4. The van der Waals surface area contributed by atoms with Crippen LogP contribution in [0.1, 0.15) is 31.2 Å². The van der Waals surface area contributed by atoms with E-state index in [4.69, 9.17) is 0 Å². The maximum absolute atomic E-state index is 12.3. The highest BCUT2D eigenvalue weighted by Gasteiger charge is 2.32. The Hall–Kier alpha value is -1.07. The predicted octanol–water partition coefficient (Wildman–Crippen LogP) is 3.41. The summed E-state index contributed by atoms with van der Waals surface area (Å²) in [6.45, 7) is 3.31. The molecule has 0 aliphatic carbocycles. The Bertz CT molecular complexity index is 411. The summed E-state index contributed by atoms with van der Waals surface area (Å²) in [5.41, 5.74) is 1.29. The van der Waals surface area contributed by atoms with E-state index in [1.807, 2.05) is 18.2 Å². The number of nitrogens with one attached hydrogen (secondary N) is 1. The molecule has 1 saturated heterocycles. The third-order valence-corrected chi connectivity index (χ3v) is 4.07. The lowest BCUT2D eigenvalue weighted by Gasteiger charge is -2.33. The molecule has 1 aliphatic heterocycles. The molecule has 1 atom stereocenters. The van der Waals surface area contributed by atoms with Crippen LogP contribution in [0.15, 0.2) is 30.3 Å². The first-order valence-corrected chi connectivity index (χ1v) is 7.51. The summed E-state index contributed by atoms with van der Waals surface area (Å²) < 4.78 is 37.0. The number of hydrogen-bond acceptors (Lipinski definition) is 2. The van der Waals surface area contributed by atoms with Gasteiger partial charge in [0.25, 0.3) is 0 Å². The zero-order valence-corrected chi connectivity index (χ0v) is 12.4. The molecule has 2 nitrogen and oxygen atoms in total. The maximum atomic E-state index is 12.3. The van der Waals surface area contributed by atoms with Crippen LogP contribution in [0.2, 0.25) is 0 Å². The molecule has 1 fully saturated rings. The molecule has 0 spiro atoms. The summed E-state index contributed by atoms with van der Waals surface area (Å²) in [6, 6.07) is 10.6. The van der Waals surface area contributed by atoms with Crippen molar-refractivity contribution in [2.75, 3.05) is 26.2 Å². The second-order valence-corrected chi connectivity index (χ2v) is 5.89. The van der Waals surface area contributed by atoms with Crippen molar-refractivity contribution in [1.82, 2.24) is 10.2 Å². The molecule has 1 aliphatic rings. The lowest BCUT2D eigenvalue weighted by atomic mass is 9.99. The summed E-state index contributed by atoms with van der Waals surface area (Å²) in [5.74, 6) is 0.416. The van der Waals surface area contributed by atoms with Crippen LogP contribution in [0.5, 0.6) is 0 Å². The summed E-state index contributed by atoms with van der Waals surface area (Å²) in [7, 11) is 0. The van der Waals surface area contributed by atoms with E-state index in [2.05, 4.69) is 24.4 Å². The predicted molar refractivity (Wildman–Crippen MR) is 78.4 cm³/mol. The Balaban J connectivity index is 1.69. The average Bonchev–Trinajstić information content (AvgIpc) is 2.45. The molecule has 0 amide bonds. The molecule has 2 rings (SSSR count). The van der Waals surface area contributed by atoms with Crippen molar-refractivity contribution in [2.45, 2.75) is 37.9 Å². The molecule has 21 heavy (non-hydrogen) atoms. The van der Waals surface area contributed by atoms with Gasteiger partial charge < -0.3 is 5.32 Å². The number of halogens is 3. The number of benzene rings is 1. The van der Waals surface area contributed by atoms with Gasteiger partial charge in [0.2, 0.25) is 0 Å². The first-order valence-electron chi connectivity index (χ1n) is 7.51. The van der Waals surface area contributed by atoms with Crippen molar-refractivity contribution < 1.29 is 13.2 Å². The molecule has 5 heteroatoms. The van der Waals surface area contributed by atoms with Crippen molar-refractivity contribution in [3.63, 3.8) is 0 Å². The van der Waals surface area contributed by atoms with E-state index in [1.54, 1.807) is 0 Å². The zero-order valence-electron chi connectivity index (χ0n) is 12.4. The van der Waals surface area contributed by atoms with Crippen molar-refractivity contribution in [3.05, 3.63) is 35.9 Å². The van der Waals surface area contributed by atoms with Gasteiger partial charge in [-0.25, -0.2) is 0 Å². The summed E-state index contributed by atoms with van der Waals surface area (Å²) in [6.07, 6.45) is -2.50. The Morgan fingerprint density at radius 3 is 2.38 bits per heavy atom. The Kier molecular flexibility index (Phi) is 5.65. The van der Waals surface area contributed by atoms with Crippen LogP contribution < -0.4 is 5.32 Å². The number of likely N-dealkylation sites (tertiary alicyclic amines) is 1. The fourth-order valence-electron chi connectivity index (χ4n) is 2.79. The number of rotatable bonds is 5. The van der Waals surface area contributed by atoms with Crippen LogP contribution in [0, 0.1) is 0 Å². The SMILES string of the molecule is CC(CNC1CCN(CC(F)(F)F)CC1)c1ccccc1. The molecular weight excluding hydrogens is 277 g/mol. The molecule has 0 radical (unpaired) electrons. The Morgan fingerprint density at radius 2 is 1.81 bits per heavy atom. The van der Waals surface area contributed by atoms with Crippen molar-refractivity contribution >= 4 is 0 Å². The van der Waals surface area contributed by atoms with Crippen molar-refractivity contribution in [2.24, 2.45) is 0 Å². The van der Waals surface area contributed by atoms with Gasteiger partial charge in [0.1, 0.15) is 0 Å². The van der Waals surface area contributed by atoms with Crippen LogP contribution in [0.25, 0.3) is 0 Å². The molecular formula is C16H23F3N2. The third kappa shape index (κ3) is 5.67. The van der Waals surface area contributed by atoms with Gasteiger partial charge in [-0.2, -0.15) is 13.2 Å². The van der Waals surface area contributed by atoms with Crippen molar-refractivity contribution in [1.29, 1.82) is 0 Å². The monoisotopic (exact) mass is 300 g/mol. The molecule has 118 valence electrons. The van der Waals surface area contributed by atoms with Crippen LogP contribution in [-0.4, -0.2) is 43.3 Å². The largest absolute Gasteiger partial charge is 0.401 e. The summed E-state index contributed by atoms with van der Waals surface area (Å²) in [5, 5.41) is 3.50. The molecule has 1 aromatic carbocycles. The first kappa shape index (κ1) is 16.3. The second-order valence-electron chi connectivity index (χ2n) is 5.89. The molecule has 0 aromatic heterocycles. The molecule has 1 aromatic rings. The quantitative estimate of drug-likeness (QED) is 0.896. The lowest BCUT2D eigenvalue weighted by Crippen LogP contribution is -2.46. The minimum atomic E-state index is -4.08. The minimum Gasteiger partial charge on any atom is -0.313 e. The average molecular weight is 300 g/mol. The summed E-state index contributed by atoms with van der Waals surface area (Å²) >= 11 is 0. The highest BCUT2D eigenvalue weighted by Crippen LogP contribution is 2.20. The van der Waals surface area contributed by atoms with Crippen LogP contribution >= 0.6 is 0 Å². The topological polar surface area (TPSA) is 15.3 Å². The van der Waals surface area contributed by atoms with E-state index < -0.39 is 12.7 Å². The fraction of sp³-hybridized carbons (Fsp3) is 0.625. The molecule has 1 N–H and O–H groups in total. The van der Waals surface area contributed by atoms with Gasteiger partial charge in [0.05, 0.1) is 6.54 Å². The van der Waals surface area contributed by atoms with E-state index in [-0.39, 0.29) is 0 Å². The first-order chi connectivity index (χ1) is 9.94. The molecule has 1 unspecified atom stereocenters. The summed E-state index contributed by atoms with van der Waals surface area (Å²) in [4.78, 5) is 1.50. The van der Waals surface area contributed by atoms with Crippen LogP contribution in [0.3, 0.4) is 0 Å². The van der Waals surface area contributed by atoms with E-state index in [0.717, 1.165) is 19.4 Å². The van der Waals surface area contributed by atoms with E-state index in [9.17, 15) is 13.2 Å². The number of hydrogen-bond donors (Lipinski definition) is 1.